The number of halogens is 2. The Morgan fingerprint density at radius 3 is 2.73 bits per heavy atom. The summed E-state index contributed by atoms with van der Waals surface area (Å²) in [4.78, 5) is 14.1. The molecule has 5 heteroatoms. The van der Waals surface area contributed by atoms with Crippen molar-refractivity contribution in [2.45, 2.75) is 0 Å². The average Bonchev–Trinajstić information content (AvgIpc) is 1.85. The Morgan fingerprint density at radius 1 is 1.64 bits per heavy atom. The highest BCUT2D eigenvalue weighted by Gasteiger charge is 2.08. The molecule has 1 rings (SSSR count). The maximum absolute atomic E-state index is 10.4. The standard InChI is InChI=1S/C6H3BrClNO2/c7-5-3(6(10)11)1-2-4(8)9-5/h1-2H,(H,10,11). The van der Waals surface area contributed by atoms with E-state index < -0.39 is 5.97 Å². The quantitative estimate of drug-likeness (QED) is 0.761. The number of aromatic nitrogens is 1. The Kier molecular flexibility index (Phi) is 2.46. The van der Waals surface area contributed by atoms with E-state index in [0.29, 0.717) is 0 Å². The summed E-state index contributed by atoms with van der Waals surface area (Å²) in [5.41, 5.74) is 0.106. The second kappa shape index (κ2) is 3.19. The van der Waals surface area contributed by atoms with Crippen molar-refractivity contribution < 1.29 is 9.90 Å². The first-order valence-electron chi connectivity index (χ1n) is 2.66. The molecule has 11 heavy (non-hydrogen) atoms. The number of carbonyl (C=O) groups is 1. The van der Waals surface area contributed by atoms with Crippen molar-refractivity contribution in [3.8, 4) is 0 Å². The van der Waals surface area contributed by atoms with E-state index >= 15 is 0 Å². The second-order valence-corrected chi connectivity index (χ2v) is 2.92. The topological polar surface area (TPSA) is 50.2 Å². The van der Waals surface area contributed by atoms with Gasteiger partial charge in [-0.25, -0.2) is 9.78 Å². The molecule has 1 N–H and O–H groups in total. The molecular formula is C6H3BrClNO2. The van der Waals surface area contributed by atoms with Gasteiger partial charge in [0.25, 0.3) is 0 Å². The summed E-state index contributed by atoms with van der Waals surface area (Å²) in [6.45, 7) is 0. The molecule has 0 fully saturated rings. The number of hydrogen-bond acceptors (Lipinski definition) is 2. The highest BCUT2D eigenvalue weighted by Crippen LogP contribution is 2.16. The minimum atomic E-state index is -1.03. The molecule has 0 aliphatic heterocycles. The van der Waals surface area contributed by atoms with Crippen molar-refractivity contribution in [1.29, 1.82) is 0 Å². The van der Waals surface area contributed by atoms with Crippen LogP contribution < -0.4 is 0 Å². The Hall–Kier alpha value is -0.610. The van der Waals surface area contributed by atoms with E-state index in [1.807, 2.05) is 0 Å². The fourth-order valence-electron chi connectivity index (χ4n) is 0.572. The van der Waals surface area contributed by atoms with Gasteiger partial charge in [-0.15, -0.1) is 0 Å². The zero-order valence-corrected chi connectivity index (χ0v) is 7.56. The van der Waals surface area contributed by atoms with Crippen LogP contribution in [0.5, 0.6) is 0 Å². The molecule has 1 heterocycles. The van der Waals surface area contributed by atoms with Gasteiger partial charge >= 0.3 is 5.97 Å². The smallest absolute Gasteiger partial charge is 0.338 e. The summed E-state index contributed by atoms with van der Waals surface area (Å²) >= 11 is 8.46. The van der Waals surface area contributed by atoms with Crippen LogP contribution in [-0.4, -0.2) is 16.1 Å². The van der Waals surface area contributed by atoms with Gasteiger partial charge in [0.2, 0.25) is 0 Å². The first-order valence-corrected chi connectivity index (χ1v) is 3.83. The number of pyridine rings is 1. The summed E-state index contributed by atoms with van der Waals surface area (Å²) in [5, 5.41) is 8.81. The van der Waals surface area contributed by atoms with Crippen molar-refractivity contribution in [3.05, 3.63) is 27.5 Å². The zero-order valence-electron chi connectivity index (χ0n) is 5.21. The molecule has 0 saturated heterocycles. The first kappa shape index (κ1) is 8.49. The van der Waals surface area contributed by atoms with Crippen LogP contribution >= 0.6 is 27.5 Å². The van der Waals surface area contributed by atoms with Gasteiger partial charge in [0.15, 0.2) is 0 Å². The van der Waals surface area contributed by atoms with Gasteiger partial charge in [0.05, 0.1) is 5.56 Å². The summed E-state index contributed by atoms with van der Waals surface area (Å²) < 4.78 is 0.248. The van der Waals surface area contributed by atoms with Gasteiger partial charge in [-0.1, -0.05) is 11.6 Å². The fourth-order valence-corrected chi connectivity index (χ4v) is 1.31. The fraction of sp³-hybridized carbons (Fsp3) is 0. The number of carboxylic acids is 1. The molecule has 0 aliphatic carbocycles. The van der Waals surface area contributed by atoms with E-state index in [0.717, 1.165) is 0 Å². The first-order chi connectivity index (χ1) is 5.11. The minimum absolute atomic E-state index is 0.106. The number of hydrogen-bond donors (Lipinski definition) is 1. The van der Waals surface area contributed by atoms with Gasteiger partial charge in [-0.05, 0) is 28.1 Å². The molecule has 1 aromatic heterocycles. The third-order valence-corrected chi connectivity index (χ3v) is 1.86. The monoisotopic (exact) mass is 235 g/mol. The van der Waals surface area contributed by atoms with Crippen molar-refractivity contribution in [3.63, 3.8) is 0 Å². The predicted octanol–water partition coefficient (Wildman–Crippen LogP) is 2.20. The summed E-state index contributed by atoms with van der Waals surface area (Å²) in [5.74, 6) is -1.03. The molecule has 0 spiro atoms. The Morgan fingerprint density at radius 2 is 2.27 bits per heavy atom. The molecule has 0 atom stereocenters. The zero-order chi connectivity index (χ0) is 8.43. The Labute approximate surface area is 76.1 Å². The summed E-state index contributed by atoms with van der Waals surface area (Å²) in [6, 6.07) is 2.82. The summed E-state index contributed by atoms with van der Waals surface area (Å²) in [7, 11) is 0. The number of nitrogens with zero attached hydrogens (tertiary/aromatic N) is 1. The van der Waals surface area contributed by atoms with Crippen molar-refractivity contribution >= 4 is 33.5 Å². The van der Waals surface area contributed by atoms with Crippen molar-refractivity contribution in [1.82, 2.24) is 4.98 Å². The maximum Gasteiger partial charge on any atom is 0.338 e. The number of rotatable bonds is 1. The second-order valence-electron chi connectivity index (χ2n) is 1.78. The lowest BCUT2D eigenvalue weighted by atomic mass is 10.3. The van der Waals surface area contributed by atoms with Gasteiger partial charge in [-0.2, -0.15) is 0 Å². The van der Waals surface area contributed by atoms with Gasteiger partial charge in [0.1, 0.15) is 9.76 Å². The molecule has 3 nitrogen and oxygen atoms in total. The maximum atomic E-state index is 10.4. The van der Waals surface area contributed by atoms with Crippen LogP contribution in [0.2, 0.25) is 5.15 Å². The predicted molar refractivity (Wildman–Crippen MR) is 43.9 cm³/mol. The molecule has 58 valence electrons. The largest absolute Gasteiger partial charge is 0.478 e. The summed E-state index contributed by atoms with van der Waals surface area (Å²) in [6.07, 6.45) is 0. The van der Waals surface area contributed by atoms with Crippen LogP contribution in [0.15, 0.2) is 16.7 Å². The molecule has 0 saturated carbocycles. The molecule has 0 aromatic carbocycles. The lowest BCUT2D eigenvalue weighted by molar-refractivity contribution is 0.0695. The Bertz CT molecular complexity index is 303. The van der Waals surface area contributed by atoms with E-state index in [1.54, 1.807) is 0 Å². The molecule has 0 bridgehead atoms. The van der Waals surface area contributed by atoms with E-state index in [2.05, 4.69) is 20.9 Å². The highest BCUT2D eigenvalue weighted by atomic mass is 79.9. The van der Waals surface area contributed by atoms with Crippen LogP contribution in [-0.2, 0) is 0 Å². The van der Waals surface area contributed by atoms with Crippen LogP contribution in [0, 0.1) is 0 Å². The normalized spacial score (nSPS) is 9.64. The average molecular weight is 236 g/mol. The van der Waals surface area contributed by atoms with E-state index in [1.165, 1.54) is 12.1 Å². The van der Waals surface area contributed by atoms with Gasteiger partial charge < -0.3 is 5.11 Å². The Balaban J connectivity index is 3.20. The van der Waals surface area contributed by atoms with E-state index in [9.17, 15) is 4.79 Å². The molecule has 0 amide bonds. The van der Waals surface area contributed by atoms with Crippen LogP contribution in [0.25, 0.3) is 0 Å². The van der Waals surface area contributed by atoms with E-state index in [-0.39, 0.29) is 15.3 Å². The number of aromatic carboxylic acids is 1. The van der Waals surface area contributed by atoms with Gasteiger partial charge in [-0.3, -0.25) is 0 Å². The molecule has 0 unspecified atom stereocenters. The molecule has 1 aromatic rings. The highest BCUT2D eigenvalue weighted by molar-refractivity contribution is 9.10. The minimum Gasteiger partial charge on any atom is -0.478 e. The third kappa shape index (κ3) is 1.91. The van der Waals surface area contributed by atoms with Crippen molar-refractivity contribution in [2.24, 2.45) is 0 Å². The number of carboxylic acid groups (broad SMARTS) is 1. The van der Waals surface area contributed by atoms with Gasteiger partial charge in [0, 0.05) is 0 Å². The van der Waals surface area contributed by atoms with Crippen LogP contribution in [0.1, 0.15) is 10.4 Å². The van der Waals surface area contributed by atoms with E-state index in [4.69, 9.17) is 16.7 Å². The van der Waals surface area contributed by atoms with Crippen LogP contribution in [0.4, 0.5) is 0 Å². The lowest BCUT2D eigenvalue weighted by Gasteiger charge is -1.96. The molecule has 0 radical (unpaired) electrons. The third-order valence-electron chi connectivity index (χ3n) is 1.05. The van der Waals surface area contributed by atoms with Crippen molar-refractivity contribution in [2.75, 3.05) is 0 Å². The molecule has 0 aliphatic rings. The SMILES string of the molecule is O=C(O)c1ccc(Cl)nc1Br. The molecular weight excluding hydrogens is 233 g/mol. The van der Waals surface area contributed by atoms with Crippen LogP contribution in [0.3, 0.4) is 0 Å². The lowest BCUT2D eigenvalue weighted by Crippen LogP contribution is -1.98.